The summed E-state index contributed by atoms with van der Waals surface area (Å²) in [5.74, 6) is -1.75. The first-order valence-corrected chi connectivity index (χ1v) is 5.30. The predicted octanol–water partition coefficient (Wildman–Crippen LogP) is -0.472. The van der Waals surface area contributed by atoms with Crippen molar-refractivity contribution in [2.24, 2.45) is 5.10 Å². The Bertz CT molecular complexity index is 378. The summed E-state index contributed by atoms with van der Waals surface area (Å²) >= 11 is 0. The van der Waals surface area contributed by atoms with Crippen LogP contribution in [0.15, 0.2) is 5.10 Å². The van der Waals surface area contributed by atoms with Gasteiger partial charge in [-0.15, -0.1) is 0 Å². The molecule has 0 aliphatic carbocycles. The van der Waals surface area contributed by atoms with Crippen molar-refractivity contribution in [3.8, 4) is 0 Å². The maximum atomic E-state index is 11.6. The van der Waals surface area contributed by atoms with E-state index < -0.39 is 5.97 Å². The molecule has 17 heavy (non-hydrogen) atoms. The van der Waals surface area contributed by atoms with Crippen LogP contribution in [-0.2, 0) is 14.4 Å². The zero-order valence-corrected chi connectivity index (χ0v) is 9.84. The van der Waals surface area contributed by atoms with E-state index in [1.54, 1.807) is 7.05 Å². The fourth-order valence-electron chi connectivity index (χ4n) is 1.30. The van der Waals surface area contributed by atoms with Crippen molar-refractivity contribution in [3.05, 3.63) is 0 Å². The number of hydrogen-bond donors (Lipinski definition) is 1. The average molecular weight is 241 g/mol. The first-order valence-electron chi connectivity index (χ1n) is 5.30. The van der Waals surface area contributed by atoms with Gasteiger partial charge in [0.25, 0.3) is 0 Å². The Labute approximate surface area is 98.7 Å². The topological polar surface area (TPSA) is 90.3 Å². The van der Waals surface area contributed by atoms with E-state index in [-0.39, 0.29) is 36.9 Å². The minimum Gasteiger partial charge on any atom is -0.477 e. The van der Waals surface area contributed by atoms with Crippen LogP contribution in [0.2, 0.25) is 0 Å². The summed E-state index contributed by atoms with van der Waals surface area (Å²) in [5.41, 5.74) is -0.0865. The summed E-state index contributed by atoms with van der Waals surface area (Å²) in [6, 6.07) is 0. The van der Waals surface area contributed by atoms with E-state index in [0.717, 1.165) is 5.01 Å². The fourth-order valence-corrected chi connectivity index (χ4v) is 1.30. The van der Waals surface area contributed by atoms with Gasteiger partial charge in [0.2, 0.25) is 11.8 Å². The van der Waals surface area contributed by atoms with Crippen molar-refractivity contribution in [2.45, 2.75) is 19.8 Å². The zero-order chi connectivity index (χ0) is 13.0. The molecule has 7 nitrogen and oxygen atoms in total. The van der Waals surface area contributed by atoms with Crippen LogP contribution < -0.4 is 0 Å². The molecule has 0 bridgehead atoms. The molecule has 0 atom stereocenters. The van der Waals surface area contributed by atoms with Crippen LogP contribution in [0.25, 0.3) is 0 Å². The molecule has 0 saturated carbocycles. The molecule has 0 saturated heterocycles. The quantitative estimate of drug-likeness (QED) is 0.720. The highest BCUT2D eigenvalue weighted by Gasteiger charge is 2.26. The molecule has 1 aliphatic heterocycles. The summed E-state index contributed by atoms with van der Waals surface area (Å²) in [7, 11) is 1.61. The molecule has 7 heteroatoms. The van der Waals surface area contributed by atoms with Crippen LogP contribution in [0, 0.1) is 0 Å². The van der Waals surface area contributed by atoms with Gasteiger partial charge >= 0.3 is 5.97 Å². The van der Waals surface area contributed by atoms with Gasteiger partial charge in [-0.2, -0.15) is 5.10 Å². The third kappa shape index (κ3) is 3.27. The lowest BCUT2D eigenvalue weighted by atomic mass is 10.2. The van der Waals surface area contributed by atoms with Gasteiger partial charge < -0.3 is 10.0 Å². The highest BCUT2D eigenvalue weighted by atomic mass is 16.4. The molecule has 1 rings (SSSR count). The number of likely N-dealkylation sites (N-methyl/N-ethyl adjacent to an activating group) is 1. The molecular formula is C10H15N3O4. The number of nitrogens with zero attached hydrogens (tertiary/aromatic N) is 3. The minimum atomic E-state index is -1.15. The average Bonchev–Trinajstić information content (AvgIpc) is 2.30. The number of rotatable bonds is 4. The second-order valence-electron chi connectivity index (χ2n) is 3.71. The van der Waals surface area contributed by atoms with Crippen LogP contribution in [0.4, 0.5) is 0 Å². The van der Waals surface area contributed by atoms with Crippen LogP contribution in [0.5, 0.6) is 0 Å². The van der Waals surface area contributed by atoms with Gasteiger partial charge in [0.15, 0.2) is 0 Å². The van der Waals surface area contributed by atoms with E-state index in [4.69, 9.17) is 5.11 Å². The number of carbonyl (C=O) groups is 3. The predicted molar refractivity (Wildman–Crippen MR) is 59.3 cm³/mol. The maximum Gasteiger partial charge on any atom is 0.352 e. The van der Waals surface area contributed by atoms with Crippen molar-refractivity contribution in [1.29, 1.82) is 0 Å². The molecule has 0 radical (unpaired) electrons. The van der Waals surface area contributed by atoms with Gasteiger partial charge in [-0.1, -0.05) is 0 Å². The number of hydrogen-bond acceptors (Lipinski definition) is 4. The van der Waals surface area contributed by atoms with Crippen LogP contribution in [0.3, 0.4) is 0 Å². The molecule has 0 fully saturated rings. The Balaban J connectivity index is 2.74. The Kier molecular flexibility index (Phi) is 4.19. The highest BCUT2D eigenvalue weighted by Crippen LogP contribution is 2.09. The SMILES string of the molecule is CCN(C)C(=O)CN1N=C(C(=O)O)CCC1=O. The lowest BCUT2D eigenvalue weighted by molar-refractivity contribution is -0.140. The molecular weight excluding hydrogens is 226 g/mol. The van der Waals surface area contributed by atoms with E-state index in [1.165, 1.54) is 4.90 Å². The molecule has 1 N–H and O–H groups in total. The van der Waals surface area contributed by atoms with Gasteiger partial charge in [0.1, 0.15) is 12.3 Å². The summed E-state index contributed by atoms with van der Waals surface area (Å²) in [6.07, 6.45) is 0.191. The number of carboxylic acids is 1. The number of carbonyl (C=O) groups excluding carboxylic acids is 2. The van der Waals surface area contributed by atoms with Crippen LogP contribution in [0.1, 0.15) is 19.8 Å². The number of carboxylic acid groups (broad SMARTS) is 1. The molecule has 1 aliphatic rings. The van der Waals surface area contributed by atoms with Crippen molar-refractivity contribution in [3.63, 3.8) is 0 Å². The van der Waals surface area contributed by atoms with Gasteiger partial charge in [-0.3, -0.25) is 9.59 Å². The van der Waals surface area contributed by atoms with Gasteiger partial charge in [-0.25, -0.2) is 9.80 Å². The lowest BCUT2D eigenvalue weighted by Crippen LogP contribution is -2.41. The summed E-state index contributed by atoms with van der Waals surface area (Å²) < 4.78 is 0. The molecule has 0 aromatic carbocycles. The van der Waals surface area contributed by atoms with E-state index in [9.17, 15) is 14.4 Å². The lowest BCUT2D eigenvalue weighted by Gasteiger charge is -2.23. The van der Waals surface area contributed by atoms with Gasteiger partial charge in [0.05, 0.1) is 0 Å². The largest absolute Gasteiger partial charge is 0.477 e. The van der Waals surface area contributed by atoms with Crippen molar-refractivity contribution >= 4 is 23.5 Å². The van der Waals surface area contributed by atoms with Gasteiger partial charge in [-0.05, 0) is 6.92 Å². The normalized spacial score (nSPS) is 15.5. The smallest absolute Gasteiger partial charge is 0.352 e. The van der Waals surface area contributed by atoms with Crippen LogP contribution >= 0.6 is 0 Å². The zero-order valence-electron chi connectivity index (χ0n) is 9.84. The molecule has 0 aromatic heterocycles. The highest BCUT2D eigenvalue weighted by molar-refractivity contribution is 6.36. The maximum absolute atomic E-state index is 11.6. The van der Waals surface area contributed by atoms with Gasteiger partial charge in [0, 0.05) is 26.4 Å². The van der Waals surface area contributed by atoms with Crippen LogP contribution in [-0.4, -0.2) is 58.6 Å². The third-order valence-corrected chi connectivity index (χ3v) is 2.54. The number of aliphatic carboxylic acids is 1. The Morgan fingerprint density at radius 2 is 2.12 bits per heavy atom. The Morgan fingerprint density at radius 1 is 1.47 bits per heavy atom. The van der Waals surface area contributed by atoms with E-state index in [1.807, 2.05) is 6.92 Å². The second kappa shape index (κ2) is 5.42. The molecule has 2 amide bonds. The first-order chi connectivity index (χ1) is 7.95. The van der Waals surface area contributed by atoms with Crippen molar-refractivity contribution < 1.29 is 19.5 Å². The molecule has 0 spiro atoms. The molecule has 0 aromatic rings. The van der Waals surface area contributed by atoms with Crippen molar-refractivity contribution in [1.82, 2.24) is 9.91 Å². The van der Waals surface area contributed by atoms with Crippen molar-refractivity contribution in [2.75, 3.05) is 20.1 Å². The number of hydrazone groups is 1. The van der Waals surface area contributed by atoms with E-state index >= 15 is 0 Å². The minimum absolute atomic E-state index is 0.0776. The monoisotopic (exact) mass is 241 g/mol. The summed E-state index contributed by atoms with van der Waals surface area (Å²) in [4.78, 5) is 35.2. The molecule has 1 heterocycles. The molecule has 0 unspecified atom stereocenters. The Morgan fingerprint density at radius 3 is 2.65 bits per heavy atom. The standard InChI is InChI=1S/C10H15N3O4/c1-3-12(2)9(15)6-13-8(14)5-4-7(11-13)10(16)17/h3-6H2,1-2H3,(H,16,17). The third-order valence-electron chi connectivity index (χ3n) is 2.54. The Hall–Kier alpha value is -1.92. The van der Waals surface area contributed by atoms with E-state index in [2.05, 4.69) is 5.10 Å². The fraction of sp³-hybridized carbons (Fsp3) is 0.600. The van der Waals surface area contributed by atoms with E-state index in [0.29, 0.717) is 6.54 Å². The summed E-state index contributed by atoms with van der Waals surface area (Å²) in [5, 5.41) is 13.4. The molecule has 94 valence electrons. The summed E-state index contributed by atoms with van der Waals surface area (Å²) in [6.45, 7) is 2.12. The first kappa shape index (κ1) is 13.1. The second-order valence-corrected chi connectivity index (χ2v) is 3.71. The number of amides is 2.